The van der Waals surface area contributed by atoms with Crippen molar-refractivity contribution in [2.24, 2.45) is 0 Å². The molecule has 8 nitrogen and oxygen atoms in total. The molecule has 0 saturated heterocycles. The molecule has 0 saturated carbocycles. The van der Waals surface area contributed by atoms with E-state index < -0.39 is 35.7 Å². The molecule has 8 heteroatoms. The molecular weight excluding hydrogens is 336 g/mol. The Morgan fingerprint density at radius 3 is 1.69 bits per heavy atom. The fraction of sp³-hybridized carbons (Fsp3) is 0.333. The van der Waals surface area contributed by atoms with Gasteiger partial charge in [-0.3, -0.25) is 19.2 Å². The number of rotatable bonds is 11. The van der Waals surface area contributed by atoms with Crippen molar-refractivity contribution in [2.75, 3.05) is 13.1 Å². The van der Waals surface area contributed by atoms with Crippen LogP contribution in [0.1, 0.15) is 13.8 Å². The maximum Gasteiger partial charge on any atom is 0.246 e. The molecule has 0 fully saturated rings. The Balaban J connectivity index is 5.40. The first-order valence-corrected chi connectivity index (χ1v) is 7.85. The largest absolute Gasteiger partial charge is 0.350 e. The summed E-state index contributed by atoms with van der Waals surface area (Å²) in [5.41, 5.74) is 0.548. The minimum absolute atomic E-state index is 0.00321. The van der Waals surface area contributed by atoms with Crippen LogP contribution in [0, 0.1) is 0 Å². The van der Waals surface area contributed by atoms with Crippen molar-refractivity contribution in [1.29, 1.82) is 0 Å². The Kier molecular flexibility index (Phi) is 10.0. The van der Waals surface area contributed by atoms with Crippen LogP contribution in [0.3, 0.4) is 0 Å². The summed E-state index contributed by atoms with van der Waals surface area (Å²) in [5, 5.41) is 10.4. The molecule has 0 heterocycles. The van der Waals surface area contributed by atoms with Gasteiger partial charge in [0.25, 0.3) is 0 Å². The molecular formula is C18H26N4O4. The second kappa shape index (κ2) is 11.4. The Hall–Kier alpha value is -3.16. The van der Waals surface area contributed by atoms with E-state index in [-0.39, 0.29) is 18.7 Å². The summed E-state index contributed by atoms with van der Waals surface area (Å²) in [7, 11) is 0. The minimum atomic E-state index is -0.725. The molecule has 0 bridgehead atoms. The van der Waals surface area contributed by atoms with E-state index in [9.17, 15) is 19.2 Å². The van der Waals surface area contributed by atoms with Gasteiger partial charge >= 0.3 is 0 Å². The Morgan fingerprint density at radius 1 is 0.769 bits per heavy atom. The molecule has 0 aliphatic rings. The van der Waals surface area contributed by atoms with Gasteiger partial charge in [0.15, 0.2) is 0 Å². The lowest BCUT2D eigenvalue weighted by atomic mass is 10.1. The van der Waals surface area contributed by atoms with Gasteiger partial charge in [0.1, 0.15) is 0 Å². The van der Waals surface area contributed by atoms with Gasteiger partial charge in [0.05, 0.1) is 12.1 Å². The zero-order valence-electron chi connectivity index (χ0n) is 15.2. The van der Waals surface area contributed by atoms with Gasteiger partial charge in [-0.15, -0.1) is 0 Å². The van der Waals surface area contributed by atoms with E-state index in [4.69, 9.17) is 0 Å². The van der Waals surface area contributed by atoms with Gasteiger partial charge in [-0.2, -0.15) is 0 Å². The molecule has 142 valence electrons. The quantitative estimate of drug-likeness (QED) is 0.378. The number of amides is 4. The molecule has 0 aromatic heterocycles. The molecule has 0 aliphatic heterocycles. The van der Waals surface area contributed by atoms with Crippen molar-refractivity contribution < 1.29 is 19.2 Å². The third-order valence-corrected chi connectivity index (χ3v) is 3.25. The molecule has 0 spiro atoms. The van der Waals surface area contributed by atoms with Crippen LogP contribution in [0.5, 0.6) is 0 Å². The van der Waals surface area contributed by atoms with Crippen molar-refractivity contribution in [2.45, 2.75) is 25.9 Å². The van der Waals surface area contributed by atoms with Crippen molar-refractivity contribution >= 4 is 23.6 Å². The van der Waals surface area contributed by atoms with Crippen molar-refractivity contribution in [1.82, 2.24) is 21.3 Å². The minimum Gasteiger partial charge on any atom is -0.350 e. The molecule has 0 aromatic rings. The van der Waals surface area contributed by atoms with Crippen molar-refractivity contribution in [3.63, 3.8) is 0 Å². The maximum absolute atomic E-state index is 12.0. The van der Waals surface area contributed by atoms with Crippen LogP contribution in [-0.2, 0) is 19.2 Å². The van der Waals surface area contributed by atoms with Gasteiger partial charge < -0.3 is 21.3 Å². The molecule has 0 aromatic carbocycles. The lowest BCUT2D eigenvalue weighted by Crippen LogP contribution is -2.59. The number of carbonyl (C=O) groups excluding carboxylic acids is 4. The third kappa shape index (κ3) is 8.62. The average molecular weight is 362 g/mol. The molecule has 0 radical (unpaired) electrons. The number of carbonyl (C=O) groups is 4. The van der Waals surface area contributed by atoms with E-state index in [0.29, 0.717) is 5.57 Å². The van der Waals surface area contributed by atoms with Crippen molar-refractivity contribution in [3.8, 4) is 0 Å². The summed E-state index contributed by atoms with van der Waals surface area (Å²) >= 11 is 0. The van der Waals surface area contributed by atoms with Crippen LogP contribution < -0.4 is 21.3 Å². The van der Waals surface area contributed by atoms with Crippen LogP contribution in [0.4, 0.5) is 0 Å². The normalized spacial score (nSPS) is 11.9. The Labute approximate surface area is 153 Å². The molecule has 2 atom stereocenters. The summed E-state index contributed by atoms with van der Waals surface area (Å²) in [6, 6.07) is -1.45. The zero-order chi connectivity index (χ0) is 20.3. The summed E-state index contributed by atoms with van der Waals surface area (Å²) in [4.78, 5) is 46.9. The van der Waals surface area contributed by atoms with Crippen LogP contribution in [0.25, 0.3) is 0 Å². The standard InChI is InChI=1S/C18H26N4O4/c1-7-15(23)19-9-13(21-16(24)8-2)14(22-18(26)12(5)6)10-20-17(25)11(3)4/h7-8,13-14H,1-3,5,9-10H2,4,6H3,(H,19,23)(H,20,25)(H,21,24)(H,22,26). The highest BCUT2D eigenvalue weighted by molar-refractivity contribution is 5.93. The molecule has 0 rings (SSSR count). The second-order valence-electron chi connectivity index (χ2n) is 5.62. The fourth-order valence-electron chi connectivity index (χ4n) is 1.76. The number of hydrogen-bond acceptors (Lipinski definition) is 4. The first-order valence-electron chi connectivity index (χ1n) is 7.85. The molecule has 2 unspecified atom stereocenters. The van der Waals surface area contributed by atoms with E-state index in [0.717, 1.165) is 12.2 Å². The van der Waals surface area contributed by atoms with E-state index in [1.807, 2.05) is 0 Å². The topological polar surface area (TPSA) is 116 Å². The lowest BCUT2D eigenvalue weighted by molar-refractivity contribution is -0.121. The fourth-order valence-corrected chi connectivity index (χ4v) is 1.76. The molecule has 4 amide bonds. The van der Waals surface area contributed by atoms with Gasteiger partial charge in [0.2, 0.25) is 23.6 Å². The zero-order valence-corrected chi connectivity index (χ0v) is 15.2. The van der Waals surface area contributed by atoms with E-state index in [1.54, 1.807) is 0 Å². The predicted molar refractivity (Wildman–Crippen MR) is 99.9 cm³/mol. The van der Waals surface area contributed by atoms with E-state index >= 15 is 0 Å². The lowest BCUT2D eigenvalue weighted by Gasteiger charge is -2.29. The predicted octanol–water partition coefficient (Wildman–Crippen LogP) is -0.287. The molecule has 4 N–H and O–H groups in total. The van der Waals surface area contributed by atoms with Gasteiger partial charge in [-0.05, 0) is 26.0 Å². The SMILES string of the molecule is C=CC(=O)NCC(NC(=O)C=C)C(CNC(=O)C(=C)C)NC(=O)C(=C)C. The van der Waals surface area contributed by atoms with Crippen LogP contribution in [-0.4, -0.2) is 48.8 Å². The Morgan fingerprint density at radius 2 is 1.23 bits per heavy atom. The number of nitrogens with one attached hydrogen (secondary N) is 4. The van der Waals surface area contributed by atoms with Crippen LogP contribution in [0.2, 0.25) is 0 Å². The highest BCUT2D eigenvalue weighted by Crippen LogP contribution is 1.98. The summed E-state index contributed by atoms with van der Waals surface area (Å²) in [6.07, 6.45) is 2.14. The number of hydrogen-bond donors (Lipinski definition) is 4. The highest BCUT2D eigenvalue weighted by atomic mass is 16.2. The average Bonchev–Trinajstić information content (AvgIpc) is 2.60. The van der Waals surface area contributed by atoms with Crippen LogP contribution >= 0.6 is 0 Å². The van der Waals surface area contributed by atoms with E-state index in [2.05, 4.69) is 47.6 Å². The van der Waals surface area contributed by atoms with Gasteiger partial charge in [0, 0.05) is 24.2 Å². The summed E-state index contributed by atoms with van der Waals surface area (Å²) in [6.45, 7) is 16.9. The van der Waals surface area contributed by atoms with Gasteiger partial charge in [-0.1, -0.05) is 26.3 Å². The van der Waals surface area contributed by atoms with Crippen LogP contribution in [0.15, 0.2) is 49.6 Å². The Bertz CT molecular complexity index is 625. The maximum atomic E-state index is 12.0. The molecule has 26 heavy (non-hydrogen) atoms. The summed E-state index contributed by atoms with van der Waals surface area (Å²) in [5.74, 6) is -1.79. The van der Waals surface area contributed by atoms with E-state index in [1.165, 1.54) is 13.8 Å². The smallest absolute Gasteiger partial charge is 0.246 e. The highest BCUT2D eigenvalue weighted by Gasteiger charge is 2.25. The van der Waals surface area contributed by atoms with Crippen molar-refractivity contribution in [3.05, 3.63) is 49.6 Å². The second-order valence-corrected chi connectivity index (χ2v) is 5.62. The third-order valence-electron chi connectivity index (χ3n) is 3.25. The first-order chi connectivity index (χ1) is 12.1. The first kappa shape index (κ1) is 22.8. The summed E-state index contributed by atoms with van der Waals surface area (Å²) < 4.78 is 0. The monoisotopic (exact) mass is 362 g/mol. The molecule has 0 aliphatic carbocycles. The van der Waals surface area contributed by atoms with Gasteiger partial charge in [-0.25, -0.2) is 0 Å².